The molecule has 0 radical (unpaired) electrons. The number of aromatic nitrogens is 2. The molecule has 38 heavy (non-hydrogen) atoms. The van der Waals surface area contributed by atoms with Crippen molar-refractivity contribution in [2.24, 2.45) is 5.92 Å². The van der Waals surface area contributed by atoms with Gasteiger partial charge >= 0.3 is 5.97 Å². The molecule has 4 rings (SSSR count). The van der Waals surface area contributed by atoms with Gasteiger partial charge in [0.25, 0.3) is 5.91 Å². The highest BCUT2D eigenvalue weighted by molar-refractivity contribution is 7.89. The number of rotatable bonds is 9. The molecule has 196 valence electrons. The first-order valence-corrected chi connectivity index (χ1v) is 14.0. The van der Waals surface area contributed by atoms with Crippen molar-refractivity contribution in [1.82, 2.24) is 14.7 Å². The van der Waals surface area contributed by atoms with Crippen molar-refractivity contribution in [3.63, 3.8) is 0 Å². The molecule has 0 aliphatic rings. The lowest BCUT2D eigenvalue weighted by Crippen LogP contribution is -2.44. The summed E-state index contributed by atoms with van der Waals surface area (Å²) in [6.45, 7) is 3.46. The topological polar surface area (TPSA) is 127 Å². The van der Waals surface area contributed by atoms with E-state index in [4.69, 9.17) is 4.74 Å². The van der Waals surface area contributed by atoms with Crippen LogP contribution in [0, 0.1) is 5.92 Å². The summed E-state index contributed by atoms with van der Waals surface area (Å²) in [5.41, 5.74) is 3.44. The molecule has 0 spiro atoms. The van der Waals surface area contributed by atoms with Gasteiger partial charge in [-0.3, -0.25) is 14.6 Å². The molecule has 0 aliphatic carbocycles. The summed E-state index contributed by atoms with van der Waals surface area (Å²) < 4.78 is 32.7. The van der Waals surface area contributed by atoms with Crippen molar-refractivity contribution in [3.05, 3.63) is 84.1 Å². The van der Waals surface area contributed by atoms with Gasteiger partial charge in [0.1, 0.15) is 16.7 Å². The Labute approximate surface area is 225 Å². The van der Waals surface area contributed by atoms with Crippen LogP contribution in [0.5, 0.6) is 0 Å². The van der Waals surface area contributed by atoms with Crippen LogP contribution in [0.15, 0.2) is 83.3 Å². The highest BCUT2D eigenvalue weighted by atomic mass is 32.2. The van der Waals surface area contributed by atoms with E-state index >= 15 is 0 Å². The summed E-state index contributed by atoms with van der Waals surface area (Å²) in [6.07, 6.45) is 3.35. The number of amides is 1. The zero-order valence-electron chi connectivity index (χ0n) is 20.9. The summed E-state index contributed by atoms with van der Waals surface area (Å²) >= 11 is 1.38. The number of hydrogen-bond acceptors (Lipinski definition) is 8. The maximum Gasteiger partial charge on any atom is 0.324 e. The van der Waals surface area contributed by atoms with Crippen molar-refractivity contribution in [2.75, 3.05) is 12.4 Å². The lowest BCUT2D eigenvalue weighted by atomic mass is 10.1. The predicted molar refractivity (Wildman–Crippen MR) is 146 cm³/mol. The highest BCUT2D eigenvalue weighted by Crippen LogP contribution is 2.25. The summed E-state index contributed by atoms with van der Waals surface area (Å²) in [4.78, 5) is 33.0. The van der Waals surface area contributed by atoms with E-state index in [0.29, 0.717) is 11.4 Å². The average molecular weight is 551 g/mol. The molecule has 1 unspecified atom stereocenters. The van der Waals surface area contributed by atoms with Crippen LogP contribution in [0.1, 0.15) is 24.3 Å². The summed E-state index contributed by atoms with van der Waals surface area (Å²) in [7, 11) is -2.71. The fourth-order valence-electron chi connectivity index (χ4n) is 3.59. The molecule has 0 fully saturated rings. The molecule has 4 aromatic rings. The molecular weight excluding hydrogens is 524 g/mol. The zero-order valence-corrected chi connectivity index (χ0v) is 22.5. The van der Waals surface area contributed by atoms with Crippen LogP contribution < -0.4 is 10.0 Å². The van der Waals surface area contributed by atoms with Crippen molar-refractivity contribution in [2.45, 2.75) is 24.8 Å². The number of nitrogens with one attached hydrogen (secondary N) is 2. The standard InChI is InChI=1S/C27H26N4O5S2/c1-17(2)24(27(33)36-3)31-38(34,35)22-10-6-19(7-11-22)18-4-8-21(9-5-18)29-25(32)23-16-37-26(30-23)20-12-14-28-15-13-20/h4-17,24,31H,1-3H3,(H,29,32). The molecule has 2 aromatic heterocycles. The second-order valence-corrected chi connectivity index (χ2v) is 11.3. The Bertz CT molecular complexity index is 1520. The maximum absolute atomic E-state index is 12.8. The van der Waals surface area contributed by atoms with E-state index in [0.717, 1.165) is 21.7 Å². The van der Waals surface area contributed by atoms with Crippen LogP contribution >= 0.6 is 11.3 Å². The van der Waals surface area contributed by atoms with Crippen LogP contribution in [-0.2, 0) is 19.6 Å². The van der Waals surface area contributed by atoms with E-state index < -0.39 is 22.0 Å². The third kappa shape index (κ3) is 6.31. The molecule has 1 amide bonds. The number of ether oxygens (including phenoxy) is 1. The minimum atomic E-state index is -3.93. The maximum atomic E-state index is 12.8. The number of nitrogens with zero attached hydrogens (tertiary/aromatic N) is 2. The van der Waals surface area contributed by atoms with Crippen molar-refractivity contribution < 1.29 is 22.7 Å². The van der Waals surface area contributed by atoms with E-state index in [1.165, 1.54) is 30.6 Å². The number of carbonyl (C=O) groups excluding carboxylic acids is 2. The molecule has 0 aliphatic heterocycles. The second-order valence-electron chi connectivity index (χ2n) is 8.70. The molecule has 2 heterocycles. The van der Waals surface area contributed by atoms with Gasteiger partial charge in [0.2, 0.25) is 10.0 Å². The molecule has 0 saturated carbocycles. The van der Waals surface area contributed by atoms with Gasteiger partial charge in [-0.2, -0.15) is 4.72 Å². The Hall–Kier alpha value is -3.93. The van der Waals surface area contributed by atoms with Crippen molar-refractivity contribution >= 4 is 38.9 Å². The number of pyridine rings is 1. The smallest absolute Gasteiger partial charge is 0.324 e. The molecule has 1 atom stereocenters. The first-order chi connectivity index (χ1) is 18.2. The SMILES string of the molecule is COC(=O)C(NS(=O)(=O)c1ccc(-c2ccc(NC(=O)c3csc(-c4ccncc4)n3)cc2)cc1)C(C)C. The van der Waals surface area contributed by atoms with E-state index in [-0.39, 0.29) is 16.7 Å². The molecule has 0 bridgehead atoms. The number of thiazole rings is 1. The van der Waals surface area contributed by atoms with Gasteiger partial charge in [-0.05, 0) is 53.4 Å². The van der Waals surface area contributed by atoms with E-state index in [9.17, 15) is 18.0 Å². The quantitative estimate of drug-likeness (QED) is 0.292. The van der Waals surface area contributed by atoms with Crippen molar-refractivity contribution in [1.29, 1.82) is 0 Å². The Morgan fingerprint density at radius 1 is 0.895 bits per heavy atom. The van der Waals surface area contributed by atoms with Crippen LogP contribution in [-0.4, -0.2) is 43.4 Å². The Morgan fingerprint density at radius 3 is 2.08 bits per heavy atom. The summed E-state index contributed by atoms with van der Waals surface area (Å²) in [5.74, 6) is -1.24. The third-order valence-electron chi connectivity index (χ3n) is 5.71. The van der Waals surface area contributed by atoms with Gasteiger partial charge < -0.3 is 10.1 Å². The number of benzene rings is 2. The first-order valence-electron chi connectivity index (χ1n) is 11.7. The lowest BCUT2D eigenvalue weighted by molar-refractivity contribution is -0.143. The van der Waals surface area contributed by atoms with Crippen LogP contribution in [0.2, 0.25) is 0 Å². The molecular formula is C27H26N4O5S2. The average Bonchev–Trinajstić information content (AvgIpc) is 3.43. The van der Waals surface area contributed by atoms with E-state index in [2.05, 4.69) is 20.0 Å². The largest absolute Gasteiger partial charge is 0.468 e. The normalized spacial score (nSPS) is 12.2. The molecule has 0 saturated heterocycles. The Morgan fingerprint density at radius 2 is 1.50 bits per heavy atom. The fourth-order valence-corrected chi connectivity index (χ4v) is 5.73. The molecule has 11 heteroatoms. The number of esters is 1. The number of sulfonamides is 1. The highest BCUT2D eigenvalue weighted by Gasteiger charge is 2.29. The lowest BCUT2D eigenvalue weighted by Gasteiger charge is -2.19. The zero-order chi connectivity index (χ0) is 27.3. The second kappa shape index (κ2) is 11.6. The molecule has 9 nitrogen and oxygen atoms in total. The molecule has 2 N–H and O–H groups in total. The van der Waals surface area contributed by atoms with Crippen LogP contribution in [0.3, 0.4) is 0 Å². The number of hydrogen-bond donors (Lipinski definition) is 2. The fraction of sp³-hybridized carbons (Fsp3) is 0.185. The van der Waals surface area contributed by atoms with Crippen LogP contribution in [0.25, 0.3) is 21.7 Å². The van der Waals surface area contributed by atoms with E-state index in [1.54, 1.807) is 55.9 Å². The monoisotopic (exact) mass is 550 g/mol. The van der Waals surface area contributed by atoms with Gasteiger partial charge in [-0.1, -0.05) is 38.1 Å². The minimum absolute atomic E-state index is 0.0362. The van der Waals surface area contributed by atoms with Crippen molar-refractivity contribution in [3.8, 4) is 21.7 Å². The number of anilines is 1. The van der Waals surface area contributed by atoms with Gasteiger partial charge in [-0.25, -0.2) is 13.4 Å². The van der Waals surface area contributed by atoms with Gasteiger partial charge in [-0.15, -0.1) is 11.3 Å². The van der Waals surface area contributed by atoms with Gasteiger partial charge in [0, 0.05) is 29.0 Å². The van der Waals surface area contributed by atoms with Crippen LogP contribution in [0.4, 0.5) is 5.69 Å². The number of carbonyl (C=O) groups is 2. The van der Waals surface area contributed by atoms with E-state index in [1.807, 2.05) is 24.3 Å². The minimum Gasteiger partial charge on any atom is -0.468 e. The van der Waals surface area contributed by atoms with Gasteiger partial charge in [0.05, 0.1) is 12.0 Å². The first kappa shape index (κ1) is 27.1. The summed E-state index contributed by atoms with van der Waals surface area (Å²) in [6, 6.07) is 16.2. The predicted octanol–water partition coefficient (Wildman–Crippen LogP) is 4.60. The number of methoxy groups -OCH3 is 1. The molecule has 2 aromatic carbocycles. The summed E-state index contributed by atoms with van der Waals surface area (Å²) in [5, 5.41) is 5.28. The Balaban J connectivity index is 1.42. The third-order valence-corrected chi connectivity index (χ3v) is 8.06. The van der Waals surface area contributed by atoms with Gasteiger partial charge in [0.15, 0.2) is 0 Å². The Kier molecular flexibility index (Phi) is 8.30.